The van der Waals surface area contributed by atoms with Crippen molar-refractivity contribution in [1.29, 1.82) is 0 Å². The van der Waals surface area contributed by atoms with Crippen molar-refractivity contribution in [1.82, 2.24) is 0 Å². The number of ether oxygens (including phenoxy) is 2. The lowest BCUT2D eigenvalue weighted by molar-refractivity contribution is 0.416. The molecule has 0 N–H and O–H groups in total. The van der Waals surface area contributed by atoms with Gasteiger partial charge in [0.1, 0.15) is 19.6 Å². The molecule has 0 unspecified atom stereocenters. The normalized spacial score (nSPS) is 11.4. The second-order valence-electron chi connectivity index (χ2n) is 5.48. The van der Waals surface area contributed by atoms with Gasteiger partial charge in [0.2, 0.25) is 0 Å². The average molecular weight is 402 g/mol. The second kappa shape index (κ2) is 8.53. The van der Waals surface area contributed by atoms with E-state index in [4.69, 9.17) is 13.4 Å². The van der Waals surface area contributed by atoms with Gasteiger partial charge in [-0.2, -0.15) is 8.42 Å². The van der Waals surface area contributed by atoms with E-state index in [2.05, 4.69) is 0 Å². The fourth-order valence-corrected chi connectivity index (χ4v) is 6.23. The molecule has 0 saturated heterocycles. The minimum atomic E-state index is -3.99. The molecule has 27 heavy (non-hydrogen) atoms. The number of hydrogen-bond donors (Lipinski definition) is 0. The Labute approximate surface area is 160 Å². The van der Waals surface area contributed by atoms with Crippen LogP contribution in [0.25, 0.3) is 0 Å². The molecule has 0 spiro atoms. The molecule has 0 atom stereocenters. The molecule has 0 radical (unpaired) electrons. The van der Waals surface area contributed by atoms with Gasteiger partial charge in [-0.25, -0.2) is 3.97 Å². The van der Waals surface area contributed by atoms with Crippen molar-refractivity contribution < 1.29 is 21.9 Å². The Hall–Kier alpha value is -2.40. The lowest BCUT2D eigenvalue weighted by atomic mass is 10.3. The van der Waals surface area contributed by atoms with Gasteiger partial charge < -0.3 is 9.47 Å². The molecule has 140 valence electrons. The fourth-order valence-electron chi connectivity index (χ4n) is 2.53. The summed E-state index contributed by atoms with van der Waals surface area (Å²) < 4.78 is 42.4. The van der Waals surface area contributed by atoms with Crippen LogP contribution in [0.15, 0.2) is 83.8 Å². The average Bonchev–Trinajstić information content (AvgIpc) is 2.72. The van der Waals surface area contributed by atoms with Gasteiger partial charge in [-0.05, 0) is 36.4 Å². The molecule has 0 amide bonds. The molecule has 0 aliphatic carbocycles. The zero-order valence-corrected chi connectivity index (χ0v) is 16.6. The van der Waals surface area contributed by atoms with E-state index in [1.54, 1.807) is 56.7 Å². The van der Waals surface area contributed by atoms with Crippen LogP contribution < -0.4 is 20.1 Å². The van der Waals surface area contributed by atoms with Crippen molar-refractivity contribution in [2.24, 2.45) is 0 Å². The van der Waals surface area contributed by atoms with Crippen molar-refractivity contribution >= 4 is 28.9 Å². The number of para-hydroxylation sites is 2. The summed E-state index contributed by atoms with van der Waals surface area (Å²) in [6, 6.07) is 22.5. The van der Waals surface area contributed by atoms with Crippen LogP contribution in [0.2, 0.25) is 0 Å². The molecule has 0 aliphatic heterocycles. The van der Waals surface area contributed by atoms with E-state index < -0.39 is 18.3 Å². The summed E-state index contributed by atoms with van der Waals surface area (Å²) >= 11 is 0. The molecular weight excluding hydrogens is 383 g/mol. The molecule has 3 aromatic rings. The zero-order valence-electron chi connectivity index (χ0n) is 14.9. The summed E-state index contributed by atoms with van der Waals surface area (Å²) in [5, 5.41) is 1.30. The van der Waals surface area contributed by atoms with E-state index in [0.717, 1.165) is 0 Å². The van der Waals surface area contributed by atoms with Crippen molar-refractivity contribution in [2.45, 2.75) is 4.90 Å². The lowest BCUT2D eigenvalue weighted by Gasteiger charge is -2.21. The van der Waals surface area contributed by atoms with Gasteiger partial charge in [0.05, 0.1) is 29.7 Å². The number of methoxy groups -OCH3 is 2. The Morgan fingerprint density at radius 3 is 1.59 bits per heavy atom. The highest BCUT2D eigenvalue weighted by Crippen LogP contribution is 2.44. The molecule has 0 aliphatic rings. The maximum Gasteiger partial charge on any atom is 0.300 e. The van der Waals surface area contributed by atoms with Crippen LogP contribution in [-0.4, -0.2) is 22.6 Å². The summed E-state index contributed by atoms with van der Waals surface area (Å²) in [6.45, 7) is 0. The van der Waals surface area contributed by atoms with E-state index in [0.29, 0.717) is 22.1 Å². The first-order chi connectivity index (χ1) is 13.1. The third kappa shape index (κ3) is 4.30. The largest absolute Gasteiger partial charge is 0.496 e. The summed E-state index contributed by atoms with van der Waals surface area (Å²) in [5.41, 5.74) is 0. The topological polar surface area (TPSA) is 61.8 Å². The minimum Gasteiger partial charge on any atom is -0.496 e. The summed E-state index contributed by atoms with van der Waals surface area (Å²) in [6.07, 6.45) is 0. The Kier molecular flexibility index (Phi) is 6.11. The van der Waals surface area contributed by atoms with Crippen LogP contribution in [0.5, 0.6) is 11.5 Å². The van der Waals surface area contributed by atoms with Crippen molar-refractivity contribution in [3.05, 3.63) is 78.9 Å². The third-order valence-corrected chi connectivity index (χ3v) is 7.66. The van der Waals surface area contributed by atoms with Gasteiger partial charge in [0, 0.05) is 0 Å². The van der Waals surface area contributed by atoms with Crippen LogP contribution in [0.1, 0.15) is 0 Å². The van der Waals surface area contributed by atoms with E-state index in [1.165, 1.54) is 12.1 Å². The Morgan fingerprint density at radius 1 is 0.667 bits per heavy atom. The van der Waals surface area contributed by atoms with Gasteiger partial charge in [-0.3, -0.25) is 0 Å². The molecule has 5 nitrogen and oxygen atoms in total. The summed E-state index contributed by atoms with van der Waals surface area (Å²) in [4.78, 5) is 0.0993. The van der Waals surface area contributed by atoms with E-state index >= 15 is 0 Å². The van der Waals surface area contributed by atoms with Gasteiger partial charge in [0.25, 0.3) is 0 Å². The smallest absolute Gasteiger partial charge is 0.300 e. The Bertz CT molecular complexity index is 958. The third-order valence-electron chi connectivity index (χ3n) is 3.81. The molecule has 0 aromatic heterocycles. The fraction of sp³-hybridized carbons (Fsp3) is 0.100. The van der Waals surface area contributed by atoms with Gasteiger partial charge in [0.15, 0.2) is 0 Å². The molecule has 3 aromatic carbocycles. The van der Waals surface area contributed by atoms with Crippen molar-refractivity contribution in [3.8, 4) is 11.5 Å². The molecule has 0 heterocycles. The van der Waals surface area contributed by atoms with Crippen LogP contribution in [-0.2, 0) is 14.1 Å². The number of hydrogen-bond acceptors (Lipinski definition) is 5. The lowest BCUT2D eigenvalue weighted by Crippen LogP contribution is -2.20. The van der Waals surface area contributed by atoms with E-state index in [1.807, 2.05) is 24.3 Å². The highest BCUT2D eigenvalue weighted by atomic mass is 32.2. The van der Waals surface area contributed by atoms with Gasteiger partial charge >= 0.3 is 10.1 Å². The van der Waals surface area contributed by atoms with Gasteiger partial charge in [-0.15, -0.1) is 0 Å². The predicted molar refractivity (Wildman–Crippen MR) is 107 cm³/mol. The maximum atomic E-state index is 12.9. The molecule has 3 rings (SSSR count). The zero-order chi connectivity index (χ0) is 19.3. The maximum absolute atomic E-state index is 12.9. The molecular formula is C20H19O5PS. The Balaban J connectivity index is 2.14. The van der Waals surface area contributed by atoms with E-state index in [-0.39, 0.29) is 4.90 Å². The summed E-state index contributed by atoms with van der Waals surface area (Å²) in [7, 11) is -2.66. The number of benzene rings is 3. The highest BCUT2D eigenvalue weighted by Gasteiger charge is 2.29. The predicted octanol–water partition coefficient (Wildman–Crippen LogP) is 3.46. The van der Waals surface area contributed by atoms with Crippen LogP contribution in [0, 0.1) is 0 Å². The first kappa shape index (κ1) is 19.4. The van der Waals surface area contributed by atoms with Crippen LogP contribution >= 0.6 is 8.15 Å². The summed E-state index contributed by atoms with van der Waals surface area (Å²) in [5.74, 6) is 1.11. The quantitative estimate of drug-likeness (QED) is 0.567. The first-order valence-corrected chi connectivity index (χ1v) is 10.8. The van der Waals surface area contributed by atoms with Crippen molar-refractivity contribution in [2.75, 3.05) is 14.2 Å². The first-order valence-electron chi connectivity index (χ1n) is 8.12. The van der Waals surface area contributed by atoms with E-state index in [9.17, 15) is 8.42 Å². The second-order valence-corrected chi connectivity index (χ2v) is 9.01. The molecule has 0 saturated carbocycles. The molecule has 7 heteroatoms. The molecule has 0 bridgehead atoms. The van der Waals surface area contributed by atoms with Crippen molar-refractivity contribution in [3.63, 3.8) is 0 Å². The monoisotopic (exact) mass is 402 g/mol. The molecule has 0 fully saturated rings. The van der Waals surface area contributed by atoms with Crippen LogP contribution in [0.3, 0.4) is 0 Å². The minimum absolute atomic E-state index is 0.0993. The number of rotatable bonds is 7. The van der Waals surface area contributed by atoms with Gasteiger partial charge in [-0.1, -0.05) is 42.5 Å². The SMILES string of the molecule is COc1ccccc1P(OS(=O)(=O)c1ccccc1)c1ccccc1OC. The highest BCUT2D eigenvalue weighted by molar-refractivity contribution is 7.93. The Morgan fingerprint density at radius 2 is 1.11 bits per heavy atom. The standard InChI is InChI=1S/C20H19O5PS/c1-23-17-12-6-8-14-19(17)26(20-15-9-7-13-18(20)24-2)25-27(21,22)16-10-4-3-5-11-16/h3-15H,1-2H3. The van der Waals surface area contributed by atoms with Crippen LogP contribution in [0.4, 0.5) is 0 Å².